The molecule has 0 bridgehead atoms. The molecule has 0 saturated carbocycles. The fraction of sp³-hybridized carbons (Fsp3) is 0.333. The highest BCUT2D eigenvalue weighted by Gasteiger charge is 2.27. The Bertz CT molecular complexity index is 1460. The van der Waals surface area contributed by atoms with Gasteiger partial charge in [0.2, 0.25) is 10.0 Å². The summed E-state index contributed by atoms with van der Waals surface area (Å²) in [4.78, 5) is 37.4. The summed E-state index contributed by atoms with van der Waals surface area (Å²) in [6.45, 7) is 2.04. The second-order valence-corrected chi connectivity index (χ2v) is 10.3. The molecule has 1 aliphatic rings. The monoisotopic (exact) mass is 498 g/mol. The molecule has 2 aromatic carbocycles. The number of aromatic nitrogens is 2. The molecule has 2 heterocycles. The predicted octanol–water partition coefficient (Wildman–Crippen LogP) is 2.21. The number of esters is 1. The summed E-state index contributed by atoms with van der Waals surface area (Å²) in [5.41, 5.74) is 0.413. The van der Waals surface area contributed by atoms with Gasteiger partial charge in [0.05, 0.1) is 10.3 Å². The summed E-state index contributed by atoms with van der Waals surface area (Å²) in [5.74, 6) is -1.50. The molecule has 3 aromatic rings. The van der Waals surface area contributed by atoms with Crippen LogP contribution in [0.3, 0.4) is 0 Å². The molecule has 0 unspecified atom stereocenters. The lowest BCUT2D eigenvalue weighted by atomic mass is 10.1. The van der Waals surface area contributed by atoms with Crippen LogP contribution in [0.4, 0.5) is 5.69 Å². The number of carbonyl (C=O) groups excluding carboxylic acids is 2. The van der Waals surface area contributed by atoms with Crippen LogP contribution < -0.4 is 10.9 Å². The fourth-order valence-corrected chi connectivity index (χ4v) is 5.82. The number of carbonyl (C=O) groups is 2. The molecular weight excluding hydrogens is 472 g/mol. The van der Waals surface area contributed by atoms with Gasteiger partial charge in [0.25, 0.3) is 11.5 Å². The number of aryl methyl sites for hydroxylation is 2. The number of nitrogens with zero attached hydrogens (tertiary/aromatic N) is 3. The second-order valence-electron chi connectivity index (χ2n) is 8.39. The number of fused-ring (bicyclic) bond motifs is 1. The van der Waals surface area contributed by atoms with Gasteiger partial charge in [-0.1, -0.05) is 30.7 Å². The Morgan fingerprint density at radius 3 is 2.46 bits per heavy atom. The van der Waals surface area contributed by atoms with E-state index in [-0.39, 0.29) is 21.8 Å². The number of amides is 1. The lowest BCUT2D eigenvalue weighted by molar-refractivity contribution is -0.119. The van der Waals surface area contributed by atoms with Gasteiger partial charge in [0.15, 0.2) is 12.3 Å². The smallest absolute Gasteiger partial charge is 0.359 e. The average Bonchev–Trinajstić information content (AvgIpc) is 2.86. The summed E-state index contributed by atoms with van der Waals surface area (Å²) in [6, 6.07) is 11.1. The van der Waals surface area contributed by atoms with E-state index in [4.69, 9.17) is 4.74 Å². The molecule has 0 atom stereocenters. The molecule has 11 heteroatoms. The van der Waals surface area contributed by atoms with Gasteiger partial charge in [0, 0.05) is 31.2 Å². The fourth-order valence-electron chi connectivity index (χ4n) is 4.05. The maximum atomic E-state index is 13.1. The molecule has 0 radical (unpaired) electrons. The molecule has 1 N–H and O–H groups in total. The minimum Gasteiger partial charge on any atom is -0.451 e. The highest BCUT2D eigenvalue weighted by atomic mass is 32.2. The van der Waals surface area contributed by atoms with Crippen molar-refractivity contribution in [3.05, 3.63) is 64.1 Å². The highest BCUT2D eigenvalue weighted by Crippen LogP contribution is 2.26. The number of benzene rings is 2. The Balaban J connectivity index is 1.47. The first-order chi connectivity index (χ1) is 16.7. The van der Waals surface area contributed by atoms with Crippen LogP contribution in [0.25, 0.3) is 10.8 Å². The van der Waals surface area contributed by atoms with Crippen molar-refractivity contribution in [1.82, 2.24) is 14.1 Å². The van der Waals surface area contributed by atoms with Gasteiger partial charge in [-0.2, -0.15) is 9.40 Å². The van der Waals surface area contributed by atoms with Crippen molar-refractivity contribution in [3.63, 3.8) is 0 Å². The van der Waals surface area contributed by atoms with Crippen molar-refractivity contribution in [2.45, 2.75) is 31.1 Å². The van der Waals surface area contributed by atoms with Crippen LogP contribution in [0.2, 0.25) is 0 Å². The molecule has 0 aliphatic carbocycles. The summed E-state index contributed by atoms with van der Waals surface area (Å²) < 4.78 is 33.8. The number of hydrogen-bond donors (Lipinski definition) is 1. The van der Waals surface area contributed by atoms with Gasteiger partial charge >= 0.3 is 5.97 Å². The molecule has 1 amide bonds. The minimum atomic E-state index is -3.68. The SMILES string of the molecule is Cc1ccc(NC(=O)COC(=O)c2nn(C)c(=O)c3ccccc23)cc1S(=O)(=O)N1CCCCC1. The van der Waals surface area contributed by atoms with E-state index in [0.717, 1.165) is 23.9 Å². The Morgan fingerprint density at radius 2 is 1.74 bits per heavy atom. The lowest BCUT2D eigenvalue weighted by Crippen LogP contribution is -2.36. The zero-order chi connectivity index (χ0) is 25.2. The van der Waals surface area contributed by atoms with Crippen molar-refractivity contribution in [3.8, 4) is 0 Å². The molecule has 184 valence electrons. The van der Waals surface area contributed by atoms with E-state index in [0.29, 0.717) is 29.4 Å². The summed E-state index contributed by atoms with van der Waals surface area (Å²) in [5, 5.41) is 7.19. The quantitative estimate of drug-likeness (QED) is 0.516. The van der Waals surface area contributed by atoms with Crippen LogP contribution in [0, 0.1) is 6.92 Å². The third-order valence-electron chi connectivity index (χ3n) is 5.89. The number of piperidine rings is 1. The number of anilines is 1. The first-order valence-corrected chi connectivity index (χ1v) is 12.7. The molecule has 4 rings (SSSR count). The van der Waals surface area contributed by atoms with Crippen molar-refractivity contribution >= 4 is 38.4 Å². The zero-order valence-corrected chi connectivity index (χ0v) is 20.3. The Labute approximate surface area is 202 Å². The number of hydrogen-bond acceptors (Lipinski definition) is 7. The topological polar surface area (TPSA) is 128 Å². The molecule has 1 fully saturated rings. The summed E-state index contributed by atoms with van der Waals surface area (Å²) in [7, 11) is -2.26. The molecule has 1 aliphatic heterocycles. The van der Waals surface area contributed by atoms with Crippen LogP contribution in [-0.2, 0) is 26.6 Å². The predicted molar refractivity (Wildman–Crippen MR) is 130 cm³/mol. The molecule has 1 aromatic heterocycles. The van der Waals surface area contributed by atoms with E-state index >= 15 is 0 Å². The summed E-state index contributed by atoms with van der Waals surface area (Å²) in [6.07, 6.45) is 2.64. The molecular formula is C24H26N4O6S. The highest BCUT2D eigenvalue weighted by molar-refractivity contribution is 7.89. The van der Waals surface area contributed by atoms with E-state index in [1.807, 2.05) is 0 Å². The minimum absolute atomic E-state index is 0.0826. The maximum absolute atomic E-state index is 13.1. The second kappa shape index (κ2) is 9.96. The van der Waals surface area contributed by atoms with Crippen molar-refractivity contribution in [2.75, 3.05) is 25.0 Å². The Hall–Kier alpha value is -3.57. The largest absolute Gasteiger partial charge is 0.451 e. The first kappa shape index (κ1) is 24.6. The van der Waals surface area contributed by atoms with E-state index < -0.39 is 28.5 Å². The van der Waals surface area contributed by atoms with Crippen LogP contribution in [-0.4, -0.2) is 54.1 Å². The average molecular weight is 499 g/mol. The number of ether oxygens (including phenoxy) is 1. The van der Waals surface area contributed by atoms with Crippen molar-refractivity contribution in [1.29, 1.82) is 0 Å². The van der Waals surface area contributed by atoms with Gasteiger partial charge in [-0.15, -0.1) is 0 Å². The zero-order valence-electron chi connectivity index (χ0n) is 19.5. The standard InChI is InChI=1S/C24H26N4O6S/c1-16-10-11-17(14-20(16)35(32,33)28-12-6-3-7-13-28)25-21(29)15-34-24(31)22-18-8-4-5-9-19(18)23(30)27(2)26-22/h4-5,8-11,14H,3,6-7,12-13,15H2,1-2H3,(H,25,29). The maximum Gasteiger partial charge on any atom is 0.359 e. The third-order valence-corrected chi connectivity index (χ3v) is 7.93. The normalized spacial score (nSPS) is 14.6. The lowest BCUT2D eigenvalue weighted by Gasteiger charge is -2.26. The van der Waals surface area contributed by atoms with Gasteiger partial charge < -0.3 is 10.1 Å². The van der Waals surface area contributed by atoms with Crippen molar-refractivity contribution in [2.24, 2.45) is 7.05 Å². The van der Waals surface area contributed by atoms with Crippen LogP contribution in [0.15, 0.2) is 52.2 Å². The van der Waals surface area contributed by atoms with Crippen molar-refractivity contribution < 1.29 is 22.7 Å². The van der Waals surface area contributed by atoms with Gasteiger partial charge in [0.1, 0.15) is 0 Å². The van der Waals surface area contributed by atoms with Crippen LogP contribution in [0.5, 0.6) is 0 Å². The molecule has 1 saturated heterocycles. The first-order valence-electron chi connectivity index (χ1n) is 11.2. The Morgan fingerprint density at radius 1 is 1.06 bits per heavy atom. The van der Waals surface area contributed by atoms with Gasteiger partial charge in [-0.3, -0.25) is 9.59 Å². The van der Waals surface area contributed by atoms with Gasteiger partial charge in [-0.25, -0.2) is 17.9 Å². The van der Waals surface area contributed by atoms with Crippen LogP contribution >= 0.6 is 0 Å². The van der Waals surface area contributed by atoms with E-state index in [9.17, 15) is 22.8 Å². The third kappa shape index (κ3) is 5.10. The van der Waals surface area contributed by atoms with E-state index in [2.05, 4.69) is 10.4 Å². The number of rotatable bonds is 6. The van der Waals surface area contributed by atoms with Gasteiger partial charge in [-0.05, 0) is 43.5 Å². The van der Waals surface area contributed by atoms with Crippen LogP contribution in [0.1, 0.15) is 35.3 Å². The number of sulfonamides is 1. The molecule has 0 spiro atoms. The summed E-state index contributed by atoms with van der Waals surface area (Å²) >= 11 is 0. The van der Waals surface area contributed by atoms with E-state index in [1.54, 1.807) is 43.3 Å². The Kier molecular flexibility index (Phi) is 6.99. The van der Waals surface area contributed by atoms with E-state index in [1.165, 1.54) is 17.4 Å². The number of nitrogens with one attached hydrogen (secondary N) is 1. The molecule has 10 nitrogen and oxygen atoms in total. The molecule has 35 heavy (non-hydrogen) atoms.